The number of aliphatic hydroxyl groups is 1. The standard InChI is InChI=1S/C35H48N4O6/c1-6-38(7-2)26-16-12-24(13-17-26)37-32(42)30-35-22-23(4)34(5,45-35)28(29(35)33(43)39(30)20-10-9-11-21-40)31(41)36-25-14-18-27(19-15-25)44-8-3/h12-19,23,28-30,40H,6-11,20-22H2,1-5H3,(H,36,41)(H,37,42)/t23?,28-,29-,30?,34+,35?/m0/s1. The molecule has 3 amide bonds. The average molecular weight is 621 g/mol. The molecular formula is C35H48N4O6. The minimum Gasteiger partial charge on any atom is -0.494 e. The first-order valence-electron chi connectivity index (χ1n) is 16.4. The van der Waals surface area contributed by atoms with E-state index in [9.17, 15) is 19.5 Å². The molecule has 3 saturated heterocycles. The van der Waals surface area contributed by atoms with Crippen LogP contribution in [0.1, 0.15) is 60.3 Å². The van der Waals surface area contributed by atoms with Crippen LogP contribution in [0.5, 0.6) is 5.75 Å². The number of carbonyl (C=O) groups excluding carboxylic acids is 3. The zero-order valence-corrected chi connectivity index (χ0v) is 27.2. The fourth-order valence-electron chi connectivity index (χ4n) is 7.83. The number of likely N-dealkylation sites (tertiary alicyclic amines) is 1. The van der Waals surface area contributed by atoms with Crippen LogP contribution in [0, 0.1) is 17.8 Å². The summed E-state index contributed by atoms with van der Waals surface area (Å²) in [5.41, 5.74) is 0.265. The minimum absolute atomic E-state index is 0.0596. The highest BCUT2D eigenvalue weighted by Crippen LogP contribution is 2.65. The highest BCUT2D eigenvalue weighted by Gasteiger charge is 2.79. The van der Waals surface area contributed by atoms with Crippen molar-refractivity contribution in [3.63, 3.8) is 0 Å². The third-order valence-electron chi connectivity index (χ3n) is 10.1. The molecule has 244 valence electrons. The number of aliphatic hydroxyl groups excluding tert-OH is 1. The van der Waals surface area contributed by atoms with Gasteiger partial charge < -0.3 is 35.0 Å². The first-order valence-corrected chi connectivity index (χ1v) is 16.4. The van der Waals surface area contributed by atoms with Crippen molar-refractivity contribution >= 4 is 34.8 Å². The van der Waals surface area contributed by atoms with Gasteiger partial charge in [0.25, 0.3) is 0 Å². The molecule has 3 N–H and O–H groups in total. The number of nitrogens with zero attached hydrogens (tertiary/aromatic N) is 2. The van der Waals surface area contributed by atoms with Gasteiger partial charge in [0, 0.05) is 43.3 Å². The Kier molecular flexibility index (Phi) is 9.74. The van der Waals surface area contributed by atoms with Crippen LogP contribution >= 0.6 is 0 Å². The predicted octanol–water partition coefficient (Wildman–Crippen LogP) is 4.68. The average Bonchev–Trinajstić information content (AvgIpc) is 3.54. The Morgan fingerprint density at radius 1 is 0.978 bits per heavy atom. The van der Waals surface area contributed by atoms with Gasteiger partial charge in [0.1, 0.15) is 17.4 Å². The molecule has 2 aromatic rings. The van der Waals surface area contributed by atoms with Crippen molar-refractivity contribution in [3.8, 4) is 5.75 Å². The van der Waals surface area contributed by atoms with Crippen LogP contribution in [-0.2, 0) is 19.1 Å². The number of amides is 3. The quantitative estimate of drug-likeness (QED) is 0.262. The summed E-state index contributed by atoms with van der Waals surface area (Å²) < 4.78 is 12.4. The first-order chi connectivity index (χ1) is 21.6. The lowest BCUT2D eigenvalue weighted by molar-refractivity contribution is -0.144. The SMILES string of the molecule is CCOc1ccc(NC(=O)[C@@H]2[C@H]3C(=O)N(CCCCCO)C(C(=O)Nc4ccc(N(CC)CC)cc4)C34CC(C)[C@@]2(C)O4)cc1. The number of hydrogen-bond donors (Lipinski definition) is 3. The number of fused-ring (bicyclic) bond motifs is 1. The van der Waals surface area contributed by atoms with Gasteiger partial charge in [-0.15, -0.1) is 0 Å². The summed E-state index contributed by atoms with van der Waals surface area (Å²) in [6, 6.07) is 14.0. The second-order valence-electron chi connectivity index (χ2n) is 12.7. The van der Waals surface area contributed by atoms with Crippen LogP contribution in [0.3, 0.4) is 0 Å². The number of anilines is 3. The maximum atomic E-state index is 14.3. The van der Waals surface area contributed by atoms with Gasteiger partial charge in [0.15, 0.2) is 0 Å². The lowest BCUT2D eigenvalue weighted by atomic mass is 9.62. The Bertz CT molecular complexity index is 1360. The first kappa shape index (κ1) is 32.8. The van der Waals surface area contributed by atoms with Gasteiger partial charge in [-0.05, 0) is 108 Å². The maximum absolute atomic E-state index is 14.3. The Hall–Kier alpha value is -3.63. The number of ether oxygens (including phenoxy) is 2. The number of rotatable bonds is 14. The third kappa shape index (κ3) is 5.90. The fraction of sp³-hybridized carbons (Fsp3) is 0.571. The number of unbranched alkanes of at least 4 members (excludes halogenated alkanes) is 2. The topological polar surface area (TPSA) is 120 Å². The monoisotopic (exact) mass is 620 g/mol. The molecule has 10 nitrogen and oxygen atoms in total. The van der Waals surface area contributed by atoms with Gasteiger partial charge in [0.2, 0.25) is 17.7 Å². The zero-order chi connectivity index (χ0) is 32.4. The van der Waals surface area contributed by atoms with Crippen molar-refractivity contribution in [1.29, 1.82) is 0 Å². The third-order valence-corrected chi connectivity index (χ3v) is 10.1. The molecule has 3 aliphatic heterocycles. The second-order valence-corrected chi connectivity index (χ2v) is 12.7. The summed E-state index contributed by atoms with van der Waals surface area (Å²) in [7, 11) is 0. The van der Waals surface area contributed by atoms with Crippen LogP contribution in [0.25, 0.3) is 0 Å². The summed E-state index contributed by atoms with van der Waals surface area (Å²) in [6.45, 7) is 12.8. The van der Waals surface area contributed by atoms with Gasteiger partial charge >= 0.3 is 0 Å². The van der Waals surface area contributed by atoms with Gasteiger partial charge in [-0.1, -0.05) is 6.92 Å². The van der Waals surface area contributed by atoms with Crippen molar-refractivity contribution in [3.05, 3.63) is 48.5 Å². The normalized spacial score (nSPS) is 28.2. The predicted molar refractivity (Wildman–Crippen MR) is 174 cm³/mol. The Balaban J connectivity index is 1.44. The summed E-state index contributed by atoms with van der Waals surface area (Å²) in [5.74, 6) is -1.74. The molecule has 2 bridgehead atoms. The van der Waals surface area contributed by atoms with E-state index < -0.39 is 29.1 Å². The van der Waals surface area contributed by atoms with E-state index in [4.69, 9.17) is 9.47 Å². The van der Waals surface area contributed by atoms with E-state index in [-0.39, 0.29) is 30.2 Å². The fourth-order valence-corrected chi connectivity index (χ4v) is 7.83. The smallest absolute Gasteiger partial charge is 0.250 e. The molecule has 0 aliphatic carbocycles. The molecule has 1 spiro atoms. The van der Waals surface area contributed by atoms with Crippen LogP contribution < -0.4 is 20.3 Å². The van der Waals surface area contributed by atoms with Crippen LogP contribution in [-0.4, -0.2) is 77.8 Å². The van der Waals surface area contributed by atoms with Crippen LogP contribution in [0.4, 0.5) is 17.1 Å². The van der Waals surface area contributed by atoms with Crippen LogP contribution in [0.15, 0.2) is 48.5 Å². The molecule has 0 radical (unpaired) electrons. The summed E-state index contributed by atoms with van der Waals surface area (Å²) in [5, 5.41) is 15.4. The van der Waals surface area contributed by atoms with Crippen molar-refractivity contribution < 1.29 is 29.0 Å². The molecule has 10 heteroatoms. The Morgan fingerprint density at radius 3 is 2.20 bits per heavy atom. The highest BCUT2D eigenvalue weighted by atomic mass is 16.5. The van der Waals surface area contributed by atoms with Gasteiger partial charge in [-0.2, -0.15) is 0 Å². The second kappa shape index (κ2) is 13.4. The lowest BCUT2D eigenvalue weighted by Crippen LogP contribution is -2.54. The largest absolute Gasteiger partial charge is 0.494 e. The number of carbonyl (C=O) groups is 3. The highest BCUT2D eigenvalue weighted by molar-refractivity contribution is 6.05. The van der Waals surface area contributed by atoms with E-state index in [2.05, 4.69) is 29.4 Å². The minimum atomic E-state index is -1.13. The molecule has 45 heavy (non-hydrogen) atoms. The van der Waals surface area contributed by atoms with Gasteiger partial charge in [-0.25, -0.2) is 0 Å². The van der Waals surface area contributed by atoms with E-state index in [0.717, 1.165) is 25.2 Å². The van der Waals surface area contributed by atoms with Gasteiger partial charge in [0.05, 0.1) is 24.0 Å². The number of hydrogen-bond acceptors (Lipinski definition) is 7. The van der Waals surface area contributed by atoms with E-state index in [1.165, 1.54) is 0 Å². The number of nitrogens with one attached hydrogen (secondary N) is 2. The van der Waals surface area contributed by atoms with Crippen molar-refractivity contribution in [2.24, 2.45) is 17.8 Å². The summed E-state index contributed by atoms with van der Waals surface area (Å²) in [6.07, 6.45) is 2.47. The molecule has 5 rings (SSSR count). The van der Waals surface area contributed by atoms with Gasteiger partial charge in [-0.3, -0.25) is 14.4 Å². The molecule has 3 fully saturated rings. The zero-order valence-electron chi connectivity index (χ0n) is 27.2. The van der Waals surface area contributed by atoms with E-state index in [1.807, 2.05) is 45.0 Å². The van der Waals surface area contributed by atoms with Crippen molar-refractivity contribution in [2.45, 2.75) is 77.5 Å². The molecule has 3 unspecified atom stereocenters. The molecular weight excluding hydrogens is 572 g/mol. The van der Waals surface area contributed by atoms with E-state index in [0.29, 0.717) is 49.5 Å². The van der Waals surface area contributed by atoms with Crippen molar-refractivity contribution in [2.75, 3.05) is 48.4 Å². The number of benzene rings is 2. The van der Waals surface area contributed by atoms with E-state index >= 15 is 0 Å². The summed E-state index contributed by atoms with van der Waals surface area (Å²) >= 11 is 0. The summed E-state index contributed by atoms with van der Waals surface area (Å²) in [4.78, 5) is 46.5. The van der Waals surface area contributed by atoms with Crippen LogP contribution in [0.2, 0.25) is 0 Å². The van der Waals surface area contributed by atoms with Crippen molar-refractivity contribution in [1.82, 2.24) is 4.90 Å². The molecule has 6 atom stereocenters. The molecule has 3 aliphatic rings. The maximum Gasteiger partial charge on any atom is 0.250 e. The molecule has 2 aromatic carbocycles. The van der Waals surface area contributed by atoms with E-state index in [1.54, 1.807) is 29.2 Å². The Morgan fingerprint density at radius 2 is 1.60 bits per heavy atom. The molecule has 3 heterocycles. The molecule has 0 saturated carbocycles. The Labute approximate surface area is 266 Å². The lowest BCUT2D eigenvalue weighted by Gasteiger charge is -2.36. The molecule has 0 aromatic heterocycles.